The first-order valence-corrected chi connectivity index (χ1v) is 8.88. The predicted octanol–water partition coefficient (Wildman–Crippen LogP) is 4.00. The monoisotopic (exact) mass is 386 g/mol. The number of benzene rings is 2. The molecular weight excluding hydrogens is 379 g/mol. The predicted molar refractivity (Wildman–Crippen MR) is 84.5 cm³/mol. The molecule has 0 aliphatic rings. The molecule has 0 radical (unpaired) electrons. The smallest absolute Gasteiger partial charge is 0.255 e. The Kier molecular flexibility index (Phi) is 3.68. The lowest BCUT2D eigenvalue weighted by Gasteiger charge is -2.04. The zero-order valence-corrected chi connectivity index (χ0v) is 13.6. The number of nitrogens with one attached hydrogen (secondary N) is 1. The number of sulfonamides is 1. The van der Waals surface area contributed by atoms with Gasteiger partial charge in [0.1, 0.15) is 5.82 Å². The molecule has 108 valence electrons. The van der Waals surface area contributed by atoms with Crippen LogP contribution in [0.15, 0.2) is 51.8 Å². The van der Waals surface area contributed by atoms with Crippen LogP contribution in [0.4, 0.5) is 9.52 Å². The highest BCUT2D eigenvalue weighted by Crippen LogP contribution is 2.28. The Balaban J connectivity index is 1.95. The van der Waals surface area contributed by atoms with E-state index in [1.807, 2.05) is 0 Å². The van der Waals surface area contributed by atoms with Gasteiger partial charge in [-0.05, 0) is 42.5 Å². The van der Waals surface area contributed by atoms with E-state index in [0.29, 0.717) is 10.2 Å². The molecule has 2 aromatic carbocycles. The number of aromatic nitrogens is 1. The van der Waals surface area contributed by atoms with Crippen molar-refractivity contribution in [1.29, 1.82) is 0 Å². The first-order valence-electron chi connectivity index (χ1n) is 5.78. The van der Waals surface area contributed by atoms with E-state index in [1.165, 1.54) is 30.3 Å². The fourth-order valence-corrected chi connectivity index (χ4v) is 4.12. The molecule has 1 aromatic heterocycles. The van der Waals surface area contributed by atoms with Crippen LogP contribution in [0.2, 0.25) is 0 Å². The van der Waals surface area contributed by atoms with Crippen molar-refractivity contribution in [2.75, 3.05) is 4.72 Å². The number of fused-ring (bicyclic) bond motifs is 1. The van der Waals surface area contributed by atoms with Crippen LogP contribution in [0, 0.1) is 5.82 Å². The van der Waals surface area contributed by atoms with Crippen molar-refractivity contribution in [2.45, 2.75) is 4.90 Å². The maximum atomic E-state index is 13.1. The van der Waals surface area contributed by atoms with E-state index >= 15 is 0 Å². The van der Waals surface area contributed by atoms with Gasteiger partial charge in [-0.2, -0.15) is 0 Å². The lowest BCUT2D eigenvalue weighted by atomic mass is 10.3. The summed E-state index contributed by atoms with van der Waals surface area (Å²) < 4.78 is 41.3. The molecule has 0 saturated carbocycles. The van der Waals surface area contributed by atoms with Crippen LogP contribution in [0.25, 0.3) is 10.2 Å². The van der Waals surface area contributed by atoms with Crippen LogP contribution in [0.3, 0.4) is 0 Å². The van der Waals surface area contributed by atoms with E-state index in [9.17, 15) is 12.8 Å². The third-order valence-electron chi connectivity index (χ3n) is 2.70. The van der Waals surface area contributed by atoms with Crippen molar-refractivity contribution in [3.63, 3.8) is 0 Å². The number of hydrogen-bond acceptors (Lipinski definition) is 4. The Morgan fingerprint density at radius 1 is 1.14 bits per heavy atom. The summed E-state index contributed by atoms with van der Waals surface area (Å²) in [6, 6.07) is 10.4. The topological polar surface area (TPSA) is 59.1 Å². The van der Waals surface area contributed by atoms with Crippen molar-refractivity contribution in [3.8, 4) is 0 Å². The minimum atomic E-state index is -3.70. The van der Waals surface area contributed by atoms with Gasteiger partial charge >= 0.3 is 0 Å². The SMILES string of the molecule is O=S(=O)(Nc1nc2ccc(F)cc2s1)c1ccc(Br)cc1. The Bertz CT molecular complexity index is 908. The van der Waals surface area contributed by atoms with Crippen molar-refractivity contribution in [2.24, 2.45) is 0 Å². The van der Waals surface area contributed by atoms with Crippen LogP contribution in [0.5, 0.6) is 0 Å². The van der Waals surface area contributed by atoms with Crippen LogP contribution in [-0.4, -0.2) is 13.4 Å². The van der Waals surface area contributed by atoms with Gasteiger partial charge in [-0.1, -0.05) is 27.3 Å². The fourth-order valence-electron chi connectivity index (χ4n) is 1.73. The number of nitrogens with zero attached hydrogens (tertiary/aromatic N) is 1. The molecule has 0 atom stereocenters. The number of rotatable bonds is 3. The van der Waals surface area contributed by atoms with Gasteiger partial charge in [0.25, 0.3) is 10.0 Å². The Morgan fingerprint density at radius 2 is 1.86 bits per heavy atom. The highest BCUT2D eigenvalue weighted by molar-refractivity contribution is 9.10. The third kappa shape index (κ3) is 3.07. The number of thiazole rings is 1. The zero-order valence-electron chi connectivity index (χ0n) is 10.4. The summed E-state index contributed by atoms with van der Waals surface area (Å²) in [6.07, 6.45) is 0. The highest BCUT2D eigenvalue weighted by atomic mass is 79.9. The second-order valence-electron chi connectivity index (χ2n) is 4.19. The van der Waals surface area contributed by atoms with Gasteiger partial charge < -0.3 is 0 Å². The van der Waals surface area contributed by atoms with Crippen LogP contribution in [0.1, 0.15) is 0 Å². The molecular formula is C13H8BrFN2O2S2. The largest absolute Gasteiger partial charge is 0.263 e. The lowest BCUT2D eigenvalue weighted by Crippen LogP contribution is -2.12. The highest BCUT2D eigenvalue weighted by Gasteiger charge is 2.16. The standard InChI is InChI=1S/C13H8BrFN2O2S2/c14-8-1-4-10(5-2-8)21(18,19)17-13-16-11-6-3-9(15)7-12(11)20-13/h1-7H,(H,16,17). The number of hydrogen-bond donors (Lipinski definition) is 1. The number of anilines is 1. The molecule has 0 spiro atoms. The van der Waals surface area contributed by atoms with Crippen LogP contribution >= 0.6 is 27.3 Å². The molecule has 8 heteroatoms. The summed E-state index contributed by atoms with van der Waals surface area (Å²) in [5.41, 5.74) is 0.551. The third-order valence-corrected chi connectivity index (χ3v) is 5.64. The molecule has 21 heavy (non-hydrogen) atoms. The van der Waals surface area contributed by atoms with E-state index < -0.39 is 10.0 Å². The Labute approximate surface area is 132 Å². The summed E-state index contributed by atoms with van der Waals surface area (Å²) in [5.74, 6) is -0.381. The average Bonchev–Trinajstić information content (AvgIpc) is 2.79. The zero-order chi connectivity index (χ0) is 15.0. The van der Waals surface area contributed by atoms with Gasteiger partial charge in [0.15, 0.2) is 5.13 Å². The first-order chi connectivity index (χ1) is 9.94. The van der Waals surface area contributed by atoms with Gasteiger partial charge in [0, 0.05) is 4.47 Å². The molecule has 0 bridgehead atoms. The first kappa shape index (κ1) is 14.4. The average molecular weight is 387 g/mol. The van der Waals surface area contributed by atoms with E-state index in [4.69, 9.17) is 0 Å². The molecule has 3 rings (SSSR count). The van der Waals surface area contributed by atoms with Gasteiger partial charge in [0.2, 0.25) is 0 Å². The molecule has 1 heterocycles. The fraction of sp³-hybridized carbons (Fsp3) is 0. The van der Waals surface area contributed by atoms with Gasteiger partial charge in [-0.15, -0.1) is 0 Å². The Hall–Kier alpha value is -1.51. The molecule has 0 aliphatic carbocycles. The number of halogens is 2. The molecule has 3 aromatic rings. The minimum Gasteiger partial charge on any atom is -0.255 e. The molecule has 4 nitrogen and oxygen atoms in total. The van der Waals surface area contributed by atoms with Gasteiger partial charge in [-0.25, -0.2) is 17.8 Å². The Morgan fingerprint density at radius 3 is 2.57 bits per heavy atom. The van der Waals surface area contributed by atoms with Crippen molar-refractivity contribution in [1.82, 2.24) is 4.98 Å². The summed E-state index contributed by atoms with van der Waals surface area (Å²) in [4.78, 5) is 4.27. The van der Waals surface area contributed by atoms with E-state index in [0.717, 1.165) is 15.8 Å². The summed E-state index contributed by atoms with van der Waals surface area (Å²) in [5, 5.41) is 0.207. The summed E-state index contributed by atoms with van der Waals surface area (Å²) in [6.45, 7) is 0. The lowest BCUT2D eigenvalue weighted by molar-refractivity contribution is 0.601. The minimum absolute atomic E-state index is 0.135. The van der Waals surface area contributed by atoms with E-state index in [-0.39, 0.29) is 15.8 Å². The summed E-state index contributed by atoms with van der Waals surface area (Å²) in [7, 11) is -3.70. The summed E-state index contributed by atoms with van der Waals surface area (Å²) >= 11 is 4.33. The normalized spacial score (nSPS) is 11.7. The van der Waals surface area contributed by atoms with E-state index in [1.54, 1.807) is 12.1 Å². The molecule has 1 N–H and O–H groups in total. The van der Waals surface area contributed by atoms with Crippen LogP contribution in [-0.2, 0) is 10.0 Å². The quantitative estimate of drug-likeness (QED) is 0.739. The second kappa shape index (κ2) is 5.36. The molecule has 0 fully saturated rings. The van der Waals surface area contributed by atoms with Crippen molar-refractivity contribution in [3.05, 3.63) is 52.8 Å². The molecule has 0 aliphatic heterocycles. The second-order valence-corrected chi connectivity index (χ2v) is 7.82. The van der Waals surface area contributed by atoms with Crippen molar-refractivity contribution >= 4 is 52.6 Å². The molecule has 0 saturated heterocycles. The van der Waals surface area contributed by atoms with Gasteiger partial charge in [0.05, 0.1) is 15.1 Å². The van der Waals surface area contributed by atoms with E-state index in [2.05, 4.69) is 25.6 Å². The van der Waals surface area contributed by atoms with Crippen LogP contribution < -0.4 is 4.72 Å². The van der Waals surface area contributed by atoms with Gasteiger partial charge in [-0.3, -0.25) is 4.72 Å². The molecule has 0 amide bonds. The molecule has 0 unspecified atom stereocenters. The van der Waals surface area contributed by atoms with Crippen molar-refractivity contribution < 1.29 is 12.8 Å². The maximum absolute atomic E-state index is 13.1. The maximum Gasteiger partial charge on any atom is 0.263 e.